The zero-order chi connectivity index (χ0) is 20.5. The third-order valence-corrected chi connectivity index (χ3v) is 5.09. The van der Waals surface area contributed by atoms with Gasteiger partial charge in [0.25, 0.3) is 11.7 Å². The molecule has 1 atom stereocenters. The largest absolute Gasteiger partial charge is 0.507 e. The number of carbonyl (C=O) groups excluding carboxylic acids is 2. The quantitative estimate of drug-likeness (QED) is 0.415. The lowest BCUT2D eigenvalue weighted by Crippen LogP contribution is -2.29. The number of hydrogen-bond donors (Lipinski definition) is 1. The highest BCUT2D eigenvalue weighted by molar-refractivity contribution is 6.51. The number of para-hydroxylation sites is 1. The molecule has 1 fully saturated rings. The van der Waals surface area contributed by atoms with Gasteiger partial charge in [0, 0.05) is 17.4 Å². The Balaban J connectivity index is 1.98. The molecule has 144 valence electrons. The SMILES string of the molecule is Cc1ccc(C)c(/C(O)=C2\C(=O)C(=O)N(c3ccccc3)C2c2ccccn2)c1. The number of ketones is 1. The summed E-state index contributed by atoms with van der Waals surface area (Å²) in [4.78, 5) is 31.8. The number of hydrogen-bond acceptors (Lipinski definition) is 4. The smallest absolute Gasteiger partial charge is 0.300 e. The summed E-state index contributed by atoms with van der Waals surface area (Å²) in [7, 11) is 0. The molecule has 0 aliphatic carbocycles. The van der Waals surface area contributed by atoms with Crippen molar-refractivity contribution in [3.63, 3.8) is 0 Å². The normalized spacial score (nSPS) is 18.3. The summed E-state index contributed by atoms with van der Waals surface area (Å²) in [5.41, 5.74) is 3.44. The molecule has 1 N–H and O–H groups in total. The van der Waals surface area contributed by atoms with Crippen LogP contribution < -0.4 is 4.90 Å². The lowest BCUT2D eigenvalue weighted by molar-refractivity contribution is -0.132. The number of anilines is 1. The first-order valence-corrected chi connectivity index (χ1v) is 9.33. The van der Waals surface area contributed by atoms with Crippen molar-refractivity contribution in [1.82, 2.24) is 4.98 Å². The number of rotatable bonds is 3. The third kappa shape index (κ3) is 3.21. The monoisotopic (exact) mass is 384 g/mol. The lowest BCUT2D eigenvalue weighted by Gasteiger charge is -2.24. The van der Waals surface area contributed by atoms with E-state index >= 15 is 0 Å². The number of benzene rings is 2. The first kappa shape index (κ1) is 18.6. The number of aromatic nitrogens is 1. The second kappa shape index (κ2) is 7.36. The molecule has 1 aliphatic heterocycles. The van der Waals surface area contributed by atoms with E-state index in [9.17, 15) is 14.7 Å². The first-order chi connectivity index (χ1) is 14.0. The zero-order valence-corrected chi connectivity index (χ0v) is 16.2. The highest BCUT2D eigenvalue weighted by atomic mass is 16.3. The second-order valence-corrected chi connectivity index (χ2v) is 7.08. The number of aryl methyl sites for hydroxylation is 2. The molecule has 1 unspecified atom stereocenters. The molecule has 2 aromatic carbocycles. The fourth-order valence-corrected chi connectivity index (χ4v) is 3.64. The molecule has 1 aliphatic rings. The van der Waals surface area contributed by atoms with Crippen LogP contribution in [0.4, 0.5) is 5.69 Å². The van der Waals surface area contributed by atoms with Gasteiger partial charge in [0.05, 0.1) is 11.3 Å². The van der Waals surface area contributed by atoms with Crippen LogP contribution in [0.15, 0.2) is 78.5 Å². The number of aliphatic hydroxyl groups is 1. The number of carbonyl (C=O) groups is 2. The van der Waals surface area contributed by atoms with E-state index in [1.165, 1.54) is 4.90 Å². The maximum absolute atomic E-state index is 13.0. The van der Waals surface area contributed by atoms with E-state index in [1.54, 1.807) is 48.7 Å². The van der Waals surface area contributed by atoms with Crippen LogP contribution in [0.5, 0.6) is 0 Å². The van der Waals surface area contributed by atoms with Gasteiger partial charge in [-0.15, -0.1) is 0 Å². The van der Waals surface area contributed by atoms with Gasteiger partial charge in [-0.1, -0.05) is 42.0 Å². The molecule has 29 heavy (non-hydrogen) atoms. The first-order valence-electron chi connectivity index (χ1n) is 9.33. The van der Waals surface area contributed by atoms with Crippen LogP contribution in [0.1, 0.15) is 28.4 Å². The number of pyridine rings is 1. The Morgan fingerprint density at radius 2 is 1.69 bits per heavy atom. The van der Waals surface area contributed by atoms with Crippen LogP contribution in [0.25, 0.3) is 5.76 Å². The molecule has 5 heteroatoms. The molecule has 3 aromatic rings. The Hall–Kier alpha value is -3.73. The maximum Gasteiger partial charge on any atom is 0.300 e. The van der Waals surface area contributed by atoms with Crippen molar-refractivity contribution < 1.29 is 14.7 Å². The standard InChI is InChI=1S/C24H20N2O3/c1-15-11-12-16(2)18(14-15)22(27)20-21(19-10-6-7-13-25-19)26(24(29)23(20)28)17-8-4-3-5-9-17/h3-14,21,27H,1-2H3/b22-20+. The maximum atomic E-state index is 13.0. The van der Waals surface area contributed by atoms with Crippen LogP contribution in [0, 0.1) is 13.8 Å². The summed E-state index contributed by atoms with van der Waals surface area (Å²) in [6, 6.07) is 19.1. The van der Waals surface area contributed by atoms with E-state index in [2.05, 4.69) is 4.98 Å². The van der Waals surface area contributed by atoms with Crippen molar-refractivity contribution in [1.29, 1.82) is 0 Å². The Bertz CT molecular complexity index is 1120. The van der Waals surface area contributed by atoms with Gasteiger partial charge in [-0.2, -0.15) is 0 Å². The van der Waals surface area contributed by atoms with E-state index < -0.39 is 17.7 Å². The van der Waals surface area contributed by atoms with Gasteiger partial charge >= 0.3 is 0 Å². The van der Waals surface area contributed by atoms with Gasteiger partial charge in [-0.25, -0.2) is 0 Å². The molecule has 4 rings (SSSR count). The summed E-state index contributed by atoms with van der Waals surface area (Å²) in [6.07, 6.45) is 1.61. The van der Waals surface area contributed by atoms with E-state index in [0.717, 1.165) is 11.1 Å². The van der Waals surface area contributed by atoms with Gasteiger partial charge in [-0.05, 0) is 49.7 Å². The summed E-state index contributed by atoms with van der Waals surface area (Å²) in [5, 5.41) is 11.2. The Morgan fingerprint density at radius 3 is 2.38 bits per heavy atom. The van der Waals surface area contributed by atoms with Gasteiger partial charge in [0.2, 0.25) is 0 Å². The van der Waals surface area contributed by atoms with Crippen molar-refractivity contribution in [3.8, 4) is 0 Å². The van der Waals surface area contributed by atoms with E-state index in [4.69, 9.17) is 0 Å². The van der Waals surface area contributed by atoms with Crippen molar-refractivity contribution in [3.05, 3.63) is 101 Å². The number of aliphatic hydroxyl groups excluding tert-OH is 1. The van der Waals surface area contributed by atoms with Crippen LogP contribution >= 0.6 is 0 Å². The van der Waals surface area contributed by atoms with Crippen LogP contribution in [-0.2, 0) is 9.59 Å². The van der Waals surface area contributed by atoms with Crippen LogP contribution in [0.2, 0.25) is 0 Å². The molecule has 1 saturated heterocycles. The average Bonchev–Trinajstić information content (AvgIpc) is 3.01. The summed E-state index contributed by atoms with van der Waals surface area (Å²) in [6.45, 7) is 3.77. The van der Waals surface area contributed by atoms with E-state index in [0.29, 0.717) is 16.9 Å². The molecule has 0 radical (unpaired) electrons. The van der Waals surface area contributed by atoms with E-state index in [1.807, 2.05) is 38.1 Å². The predicted molar refractivity (Wildman–Crippen MR) is 111 cm³/mol. The number of Topliss-reactive ketones (excluding diaryl/α,β-unsaturated/α-hetero) is 1. The Morgan fingerprint density at radius 1 is 0.966 bits per heavy atom. The van der Waals surface area contributed by atoms with Gasteiger partial charge in [0.1, 0.15) is 11.8 Å². The fourth-order valence-electron chi connectivity index (χ4n) is 3.64. The minimum absolute atomic E-state index is 0.0475. The molecule has 1 aromatic heterocycles. The summed E-state index contributed by atoms with van der Waals surface area (Å²) >= 11 is 0. The van der Waals surface area contributed by atoms with Crippen molar-refractivity contribution in [2.75, 3.05) is 4.90 Å². The minimum atomic E-state index is -0.807. The molecule has 0 bridgehead atoms. The zero-order valence-electron chi connectivity index (χ0n) is 16.2. The highest BCUT2D eigenvalue weighted by Crippen LogP contribution is 2.41. The van der Waals surface area contributed by atoms with Crippen molar-refractivity contribution >= 4 is 23.1 Å². The molecule has 1 amide bonds. The molecule has 0 spiro atoms. The minimum Gasteiger partial charge on any atom is -0.507 e. The van der Waals surface area contributed by atoms with Gasteiger partial charge in [-0.3, -0.25) is 19.5 Å². The van der Waals surface area contributed by atoms with Crippen molar-refractivity contribution in [2.45, 2.75) is 19.9 Å². The summed E-state index contributed by atoms with van der Waals surface area (Å²) < 4.78 is 0. The van der Waals surface area contributed by atoms with E-state index in [-0.39, 0.29) is 11.3 Å². The number of amides is 1. The lowest BCUT2D eigenvalue weighted by atomic mass is 9.95. The third-order valence-electron chi connectivity index (χ3n) is 5.09. The summed E-state index contributed by atoms with van der Waals surface area (Å²) in [5.74, 6) is -1.58. The highest BCUT2D eigenvalue weighted by Gasteiger charge is 2.47. The number of nitrogens with zero attached hydrogens (tertiary/aromatic N) is 2. The second-order valence-electron chi connectivity index (χ2n) is 7.08. The molecule has 2 heterocycles. The molecular formula is C24H20N2O3. The molecule has 0 saturated carbocycles. The van der Waals surface area contributed by atoms with Gasteiger partial charge in [0.15, 0.2) is 0 Å². The molecule has 5 nitrogen and oxygen atoms in total. The fraction of sp³-hybridized carbons (Fsp3) is 0.125. The topological polar surface area (TPSA) is 70.5 Å². The molecular weight excluding hydrogens is 364 g/mol. The predicted octanol–water partition coefficient (Wildman–Crippen LogP) is 4.32. The van der Waals surface area contributed by atoms with Crippen LogP contribution in [-0.4, -0.2) is 21.8 Å². The van der Waals surface area contributed by atoms with Crippen LogP contribution in [0.3, 0.4) is 0 Å². The Labute approximate surface area is 169 Å². The van der Waals surface area contributed by atoms with Gasteiger partial charge < -0.3 is 5.11 Å². The average molecular weight is 384 g/mol. The van der Waals surface area contributed by atoms with Crippen molar-refractivity contribution in [2.24, 2.45) is 0 Å². The Kier molecular flexibility index (Phi) is 4.72.